The molecule has 1 aliphatic heterocycles. The van der Waals surface area contributed by atoms with Gasteiger partial charge in [-0.15, -0.1) is 0 Å². The van der Waals surface area contributed by atoms with Crippen LogP contribution in [0.4, 0.5) is 21.8 Å². The van der Waals surface area contributed by atoms with Crippen molar-refractivity contribution in [3.8, 4) is 5.88 Å². The molecule has 1 amide bonds. The van der Waals surface area contributed by atoms with Crippen LogP contribution >= 0.6 is 0 Å². The van der Waals surface area contributed by atoms with Gasteiger partial charge in [-0.3, -0.25) is 9.59 Å². The predicted molar refractivity (Wildman–Crippen MR) is 146 cm³/mol. The number of hydrogen-bond acceptors (Lipinski definition) is 7. The van der Waals surface area contributed by atoms with Gasteiger partial charge in [0.1, 0.15) is 23.8 Å². The van der Waals surface area contributed by atoms with Gasteiger partial charge in [-0.1, -0.05) is 24.3 Å². The van der Waals surface area contributed by atoms with Crippen molar-refractivity contribution in [3.63, 3.8) is 0 Å². The highest BCUT2D eigenvalue weighted by molar-refractivity contribution is 6.10. The molecule has 204 valence electrons. The van der Waals surface area contributed by atoms with E-state index in [9.17, 15) is 14.0 Å². The lowest BCUT2D eigenvalue weighted by molar-refractivity contribution is -0.138. The minimum Gasteiger partial charge on any atom is -0.481 e. The number of anilines is 3. The predicted octanol–water partition coefficient (Wildman–Crippen LogP) is 4.64. The van der Waals surface area contributed by atoms with Gasteiger partial charge >= 0.3 is 5.97 Å². The molecule has 1 saturated carbocycles. The molecule has 0 spiro atoms. The first-order valence-electron chi connectivity index (χ1n) is 13.3. The molecule has 0 radical (unpaired) electrons. The maximum atomic E-state index is 13.5. The standard InChI is InChI=1S/C29H32FN5O4/c30-22-9-3-18(4-10-22)13-14-32-29-33-26(31)25-27(34-29)39-16-15-35(28(25)38)23-11-7-21(8-12-23)20-5-1-19(2-6-20)17-24(36)37/h3-4,7-12,19-20H,1-2,5-6,13-17H2,(H,36,37)(H3,31,32,33,34). The van der Waals surface area contributed by atoms with Crippen LogP contribution in [0.2, 0.25) is 0 Å². The Morgan fingerprint density at radius 1 is 1.08 bits per heavy atom. The minimum atomic E-state index is -0.726. The first kappa shape index (κ1) is 26.4. The van der Waals surface area contributed by atoms with E-state index in [1.54, 1.807) is 17.0 Å². The Bertz CT molecular complexity index is 1320. The van der Waals surface area contributed by atoms with Gasteiger partial charge in [0.25, 0.3) is 5.91 Å². The smallest absolute Gasteiger partial charge is 0.303 e. The van der Waals surface area contributed by atoms with Crippen molar-refractivity contribution in [2.45, 2.75) is 44.4 Å². The number of carboxylic acid groups (broad SMARTS) is 1. The largest absolute Gasteiger partial charge is 0.481 e. The van der Waals surface area contributed by atoms with Crippen LogP contribution in [-0.4, -0.2) is 46.6 Å². The summed E-state index contributed by atoms with van der Waals surface area (Å²) in [4.78, 5) is 34.8. The lowest BCUT2D eigenvalue weighted by atomic mass is 9.77. The Hall–Kier alpha value is -4.21. The molecule has 4 N–H and O–H groups in total. The van der Waals surface area contributed by atoms with Crippen LogP contribution in [0.3, 0.4) is 0 Å². The molecule has 0 saturated heterocycles. The zero-order chi connectivity index (χ0) is 27.4. The van der Waals surface area contributed by atoms with Crippen molar-refractivity contribution in [2.24, 2.45) is 5.92 Å². The molecule has 2 aromatic carbocycles. The van der Waals surface area contributed by atoms with E-state index < -0.39 is 5.97 Å². The second-order valence-corrected chi connectivity index (χ2v) is 10.1. The van der Waals surface area contributed by atoms with Crippen LogP contribution in [0.15, 0.2) is 48.5 Å². The number of fused-ring (bicyclic) bond motifs is 1. The number of ether oxygens (including phenoxy) is 1. The topological polar surface area (TPSA) is 131 Å². The van der Waals surface area contributed by atoms with Gasteiger partial charge in [0, 0.05) is 18.7 Å². The highest BCUT2D eigenvalue weighted by Crippen LogP contribution is 2.38. The number of nitrogens with zero attached hydrogens (tertiary/aromatic N) is 3. The van der Waals surface area contributed by atoms with E-state index >= 15 is 0 Å². The number of hydrogen-bond donors (Lipinski definition) is 3. The molecule has 5 rings (SSSR count). The summed E-state index contributed by atoms with van der Waals surface area (Å²) >= 11 is 0. The number of carboxylic acids is 1. The molecule has 2 aliphatic rings. The summed E-state index contributed by atoms with van der Waals surface area (Å²) in [6, 6.07) is 14.2. The highest BCUT2D eigenvalue weighted by Gasteiger charge is 2.30. The molecule has 0 atom stereocenters. The molecule has 9 nitrogen and oxygen atoms in total. The fourth-order valence-electron chi connectivity index (χ4n) is 5.40. The number of aliphatic carboxylic acids is 1. The Morgan fingerprint density at radius 3 is 2.49 bits per heavy atom. The van der Waals surface area contributed by atoms with Crippen LogP contribution in [0.5, 0.6) is 5.88 Å². The van der Waals surface area contributed by atoms with E-state index in [1.807, 2.05) is 24.3 Å². The molecule has 3 aromatic rings. The van der Waals surface area contributed by atoms with Crippen molar-refractivity contribution >= 4 is 29.3 Å². The molecular weight excluding hydrogens is 501 g/mol. The summed E-state index contributed by atoms with van der Waals surface area (Å²) in [6.45, 7) is 1.08. The number of nitrogen functional groups attached to an aromatic ring is 1. The second kappa shape index (κ2) is 11.7. The maximum Gasteiger partial charge on any atom is 0.303 e. The van der Waals surface area contributed by atoms with Crippen LogP contribution in [0, 0.1) is 11.7 Å². The molecule has 10 heteroatoms. The first-order chi connectivity index (χ1) is 18.9. The summed E-state index contributed by atoms with van der Waals surface area (Å²) < 4.78 is 18.9. The van der Waals surface area contributed by atoms with E-state index in [-0.39, 0.29) is 53.9 Å². The second-order valence-electron chi connectivity index (χ2n) is 10.1. The monoisotopic (exact) mass is 533 g/mol. The number of amides is 1. The number of carbonyl (C=O) groups excluding carboxylic acids is 1. The normalized spacial score (nSPS) is 19.1. The number of rotatable bonds is 8. The van der Waals surface area contributed by atoms with E-state index in [0.717, 1.165) is 36.9 Å². The fourth-order valence-corrected chi connectivity index (χ4v) is 5.40. The molecule has 1 fully saturated rings. The van der Waals surface area contributed by atoms with Crippen LogP contribution < -0.4 is 20.7 Å². The molecular formula is C29H32FN5O4. The van der Waals surface area contributed by atoms with E-state index in [1.165, 1.54) is 17.7 Å². The SMILES string of the molecule is Nc1nc(NCCc2ccc(F)cc2)nc2c1C(=O)N(c1ccc(C3CCC(CC(=O)O)CC3)cc1)CCO2. The average molecular weight is 534 g/mol. The molecule has 39 heavy (non-hydrogen) atoms. The quantitative estimate of drug-likeness (QED) is 0.382. The Labute approximate surface area is 226 Å². The lowest BCUT2D eigenvalue weighted by Gasteiger charge is -2.28. The van der Waals surface area contributed by atoms with Crippen LogP contribution in [0.1, 0.15) is 59.5 Å². The number of nitrogens with one attached hydrogen (secondary N) is 1. The number of benzene rings is 2. The fraction of sp³-hybridized carbons (Fsp3) is 0.379. The Balaban J connectivity index is 1.24. The van der Waals surface area contributed by atoms with Crippen LogP contribution in [0.25, 0.3) is 0 Å². The number of halogens is 1. The average Bonchev–Trinajstić information content (AvgIpc) is 3.09. The highest BCUT2D eigenvalue weighted by atomic mass is 19.1. The van der Waals surface area contributed by atoms with Crippen molar-refractivity contribution in [3.05, 3.63) is 71.0 Å². The van der Waals surface area contributed by atoms with Crippen molar-refractivity contribution in [2.75, 3.05) is 35.6 Å². The minimum absolute atomic E-state index is 0.0379. The number of aromatic nitrogens is 2. The third kappa shape index (κ3) is 6.27. The Kier molecular flexibility index (Phi) is 7.90. The molecule has 0 bridgehead atoms. The van der Waals surface area contributed by atoms with E-state index in [2.05, 4.69) is 15.3 Å². The van der Waals surface area contributed by atoms with Crippen LogP contribution in [-0.2, 0) is 11.2 Å². The van der Waals surface area contributed by atoms with Crippen molar-refractivity contribution in [1.82, 2.24) is 9.97 Å². The van der Waals surface area contributed by atoms with E-state index in [4.69, 9.17) is 15.6 Å². The van der Waals surface area contributed by atoms with Gasteiger partial charge in [0.2, 0.25) is 11.8 Å². The van der Waals surface area contributed by atoms with Gasteiger partial charge in [0.15, 0.2) is 0 Å². The van der Waals surface area contributed by atoms with Gasteiger partial charge in [0.05, 0.1) is 6.54 Å². The van der Waals surface area contributed by atoms with Crippen molar-refractivity contribution < 1.29 is 23.8 Å². The summed E-state index contributed by atoms with van der Waals surface area (Å²) in [7, 11) is 0. The summed E-state index contributed by atoms with van der Waals surface area (Å²) in [5, 5.41) is 12.1. The van der Waals surface area contributed by atoms with Gasteiger partial charge in [-0.05, 0) is 79.3 Å². The molecule has 1 aliphatic carbocycles. The zero-order valence-corrected chi connectivity index (χ0v) is 21.6. The summed E-state index contributed by atoms with van der Waals surface area (Å²) in [5.41, 5.74) is 9.24. The van der Waals surface area contributed by atoms with Gasteiger partial charge < -0.3 is 25.8 Å². The first-order valence-corrected chi connectivity index (χ1v) is 13.3. The summed E-state index contributed by atoms with van der Waals surface area (Å²) in [5.74, 6) is -0.230. The third-order valence-electron chi connectivity index (χ3n) is 7.51. The zero-order valence-electron chi connectivity index (χ0n) is 21.6. The van der Waals surface area contributed by atoms with Gasteiger partial charge in [-0.25, -0.2) is 4.39 Å². The number of carbonyl (C=O) groups is 2. The number of nitrogens with two attached hydrogens (primary N) is 1. The summed E-state index contributed by atoms with van der Waals surface area (Å²) in [6.07, 6.45) is 4.64. The maximum absolute atomic E-state index is 13.5. The molecule has 2 heterocycles. The molecule has 0 unspecified atom stereocenters. The van der Waals surface area contributed by atoms with E-state index in [0.29, 0.717) is 25.4 Å². The third-order valence-corrected chi connectivity index (χ3v) is 7.51. The molecule has 1 aromatic heterocycles. The van der Waals surface area contributed by atoms with Crippen molar-refractivity contribution in [1.29, 1.82) is 0 Å². The Morgan fingerprint density at radius 2 is 1.79 bits per heavy atom. The lowest BCUT2D eigenvalue weighted by Crippen LogP contribution is -2.32. The van der Waals surface area contributed by atoms with Gasteiger partial charge in [-0.2, -0.15) is 9.97 Å².